The van der Waals surface area contributed by atoms with Crippen molar-refractivity contribution in [1.29, 1.82) is 10.5 Å². The molecule has 22 heavy (non-hydrogen) atoms. The van der Waals surface area contributed by atoms with Crippen LogP contribution in [0.5, 0.6) is 5.75 Å². The predicted octanol–water partition coefficient (Wildman–Crippen LogP) is 2.90. The van der Waals surface area contributed by atoms with Crippen molar-refractivity contribution in [1.82, 2.24) is 4.90 Å². The Labute approximate surface area is 128 Å². The summed E-state index contributed by atoms with van der Waals surface area (Å²) in [4.78, 5) is 2.13. The number of benzene rings is 1. The molecule has 5 nitrogen and oxygen atoms in total. The van der Waals surface area contributed by atoms with E-state index in [2.05, 4.69) is 4.90 Å². The molecular formula is C17H15N3O2. The topological polar surface area (TPSA) is 73.2 Å². The molecule has 0 amide bonds. The number of nitriles is 2. The number of hydrogen-bond donors (Lipinski definition) is 0. The van der Waals surface area contributed by atoms with E-state index in [1.165, 1.54) is 0 Å². The first-order valence-electron chi connectivity index (χ1n) is 6.99. The largest absolute Gasteiger partial charge is 0.484 e. The van der Waals surface area contributed by atoms with E-state index < -0.39 is 0 Å². The fourth-order valence-corrected chi connectivity index (χ4v) is 2.72. The number of aryl methyl sites for hydroxylation is 1. The number of rotatable bonds is 2. The Kier molecular flexibility index (Phi) is 3.58. The van der Waals surface area contributed by atoms with E-state index in [1.54, 1.807) is 18.2 Å². The monoisotopic (exact) mass is 293 g/mol. The van der Waals surface area contributed by atoms with Gasteiger partial charge in [0.05, 0.1) is 17.7 Å². The summed E-state index contributed by atoms with van der Waals surface area (Å²) in [5, 5.41) is 18.1. The number of furan rings is 1. The SMILES string of the molecule is Cc1cc2c(o1)CN(C)CC2Oc1ccc(C#N)c(C#N)c1. The fraction of sp³-hybridized carbons (Fsp3) is 0.294. The Morgan fingerprint density at radius 1 is 1.23 bits per heavy atom. The minimum absolute atomic E-state index is 0.148. The van der Waals surface area contributed by atoms with Crippen LogP contribution in [-0.4, -0.2) is 18.5 Å². The normalized spacial score (nSPS) is 17.4. The van der Waals surface area contributed by atoms with E-state index in [1.807, 2.05) is 32.2 Å². The molecule has 1 aliphatic rings. The lowest BCUT2D eigenvalue weighted by atomic mass is 10.0. The van der Waals surface area contributed by atoms with Crippen molar-refractivity contribution in [3.05, 3.63) is 52.5 Å². The van der Waals surface area contributed by atoms with Gasteiger partial charge in [0.1, 0.15) is 35.5 Å². The van der Waals surface area contributed by atoms with Crippen molar-refractivity contribution < 1.29 is 9.15 Å². The van der Waals surface area contributed by atoms with Crippen LogP contribution in [0.3, 0.4) is 0 Å². The molecular weight excluding hydrogens is 278 g/mol. The summed E-state index contributed by atoms with van der Waals surface area (Å²) in [5.41, 5.74) is 1.74. The summed E-state index contributed by atoms with van der Waals surface area (Å²) in [6.07, 6.45) is -0.148. The minimum atomic E-state index is -0.148. The zero-order chi connectivity index (χ0) is 15.7. The van der Waals surface area contributed by atoms with Crippen molar-refractivity contribution in [2.24, 2.45) is 0 Å². The quantitative estimate of drug-likeness (QED) is 0.851. The summed E-state index contributed by atoms with van der Waals surface area (Å²) >= 11 is 0. The summed E-state index contributed by atoms with van der Waals surface area (Å²) in [6.45, 7) is 3.43. The standard InChI is InChI=1S/C17H15N3O2/c1-11-5-15-16(21-11)9-20(2)10-17(15)22-14-4-3-12(7-18)13(6-14)8-19/h3-6,17H,9-10H2,1-2H3. The molecule has 0 fully saturated rings. The summed E-state index contributed by atoms with van der Waals surface area (Å²) in [7, 11) is 2.01. The summed E-state index contributed by atoms with van der Waals surface area (Å²) in [6, 6.07) is 11.0. The lowest BCUT2D eigenvalue weighted by molar-refractivity contribution is 0.119. The molecule has 1 atom stereocenters. The average Bonchev–Trinajstić information content (AvgIpc) is 2.87. The van der Waals surface area contributed by atoms with Gasteiger partial charge in [-0.3, -0.25) is 4.90 Å². The maximum absolute atomic E-state index is 9.10. The van der Waals surface area contributed by atoms with Crippen LogP contribution < -0.4 is 4.74 Å². The lowest BCUT2D eigenvalue weighted by Gasteiger charge is -2.29. The van der Waals surface area contributed by atoms with Crippen LogP contribution in [0.15, 0.2) is 28.7 Å². The third kappa shape index (κ3) is 2.55. The van der Waals surface area contributed by atoms with E-state index in [9.17, 15) is 0 Å². The van der Waals surface area contributed by atoms with E-state index in [0.29, 0.717) is 16.9 Å². The molecule has 2 aromatic rings. The minimum Gasteiger partial charge on any atom is -0.484 e. The van der Waals surface area contributed by atoms with Crippen molar-refractivity contribution >= 4 is 0 Å². The maximum Gasteiger partial charge on any atom is 0.140 e. The van der Waals surface area contributed by atoms with Gasteiger partial charge in [0, 0.05) is 12.1 Å². The van der Waals surface area contributed by atoms with Crippen molar-refractivity contribution in [3.63, 3.8) is 0 Å². The van der Waals surface area contributed by atoms with Gasteiger partial charge in [-0.1, -0.05) is 0 Å². The highest BCUT2D eigenvalue weighted by atomic mass is 16.5. The number of nitrogens with zero attached hydrogens (tertiary/aromatic N) is 3. The zero-order valence-corrected chi connectivity index (χ0v) is 12.5. The van der Waals surface area contributed by atoms with Crippen LogP contribution >= 0.6 is 0 Å². The number of ether oxygens (including phenoxy) is 1. The van der Waals surface area contributed by atoms with Crippen molar-refractivity contribution in [2.45, 2.75) is 19.6 Å². The Morgan fingerprint density at radius 2 is 2.00 bits per heavy atom. The highest BCUT2D eigenvalue weighted by molar-refractivity contribution is 5.49. The molecule has 0 saturated carbocycles. The molecule has 110 valence electrons. The smallest absolute Gasteiger partial charge is 0.140 e. The first-order valence-corrected chi connectivity index (χ1v) is 6.99. The fourth-order valence-electron chi connectivity index (χ4n) is 2.72. The number of likely N-dealkylation sites (N-methyl/N-ethyl adjacent to an activating group) is 1. The van der Waals surface area contributed by atoms with Gasteiger partial charge in [0.15, 0.2) is 0 Å². The van der Waals surface area contributed by atoms with Gasteiger partial charge in [0.2, 0.25) is 0 Å². The number of fused-ring (bicyclic) bond motifs is 1. The molecule has 0 bridgehead atoms. The first-order chi connectivity index (χ1) is 10.6. The van der Waals surface area contributed by atoms with Gasteiger partial charge in [-0.2, -0.15) is 10.5 Å². The molecule has 0 saturated heterocycles. The molecule has 5 heteroatoms. The van der Waals surface area contributed by atoms with Gasteiger partial charge < -0.3 is 9.15 Å². The van der Waals surface area contributed by atoms with Gasteiger partial charge in [0.25, 0.3) is 0 Å². The van der Waals surface area contributed by atoms with Crippen LogP contribution in [0, 0.1) is 29.6 Å². The molecule has 3 rings (SSSR count). The third-order valence-electron chi connectivity index (χ3n) is 3.71. The second-order valence-electron chi connectivity index (χ2n) is 5.47. The van der Waals surface area contributed by atoms with Crippen LogP contribution in [0.1, 0.15) is 34.3 Å². The Morgan fingerprint density at radius 3 is 2.73 bits per heavy atom. The van der Waals surface area contributed by atoms with E-state index in [-0.39, 0.29) is 6.10 Å². The van der Waals surface area contributed by atoms with Gasteiger partial charge >= 0.3 is 0 Å². The Bertz CT molecular complexity index is 795. The van der Waals surface area contributed by atoms with Gasteiger partial charge in [-0.05, 0) is 38.2 Å². The van der Waals surface area contributed by atoms with E-state index in [0.717, 1.165) is 30.2 Å². The van der Waals surface area contributed by atoms with Crippen molar-refractivity contribution in [3.8, 4) is 17.9 Å². The van der Waals surface area contributed by atoms with Crippen LogP contribution in [-0.2, 0) is 6.54 Å². The van der Waals surface area contributed by atoms with Gasteiger partial charge in [-0.15, -0.1) is 0 Å². The van der Waals surface area contributed by atoms with E-state index >= 15 is 0 Å². The molecule has 1 unspecified atom stereocenters. The molecule has 1 aromatic carbocycles. The first kappa shape index (κ1) is 14.2. The summed E-state index contributed by atoms with van der Waals surface area (Å²) < 4.78 is 11.8. The average molecular weight is 293 g/mol. The molecule has 1 aliphatic heterocycles. The molecule has 0 radical (unpaired) electrons. The highest BCUT2D eigenvalue weighted by Crippen LogP contribution is 2.32. The van der Waals surface area contributed by atoms with Crippen LogP contribution in [0.2, 0.25) is 0 Å². The third-order valence-corrected chi connectivity index (χ3v) is 3.71. The highest BCUT2D eigenvalue weighted by Gasteiger charge is 2.28. The molecule has 0 spiro atoms. The summed E-state index contributed by atoms with van der Waals surface area (Å²) in [5.74, 6) is 2.37. The van der Waals surface area contributed by atoms with Crippen LogP contribution in [0.25, 0.3) is 0 Å². The molecule has 2 heterocycles. The Hall–Kier alpha value is -2.76. The van der Waals surface area contributed by atoms with Crippen LogP contribution in [0.4, 0.5) is 0 Å². The second kappa shape index (κ2) is 5.55. The van der Waals surface area contributed by atoms with Gasteiger partial charge in [-0.25, -0.2) is 0 Å². The number of hydrogen-bond acceptors (Lipinski definition) is 5. The molecule has 1 aromatic heterocycles. The zero-order valence-electron chi connectivity index (χ0n) is 12.5. The molecule has 0 N–H and O–H groups in total. The predicted molar refractivity (Wildman–Crippen MR) is 79.0 cm³/mol. The lowest BCUT2D eigenvalue weighted by Crippen LogP contribution is -2.32. The Balaban J connectivity index is 1.91. The second-order valence-corrected chi connectivity index (χ2v) is 5.47. The van der Waals surface area contributed by atoms with E-state index in [4.69, 9.17) is 19.7 Å². The maximum atomic E-state index is 9.10. The van der Waals surface area contributed by atoms with Crippen molar-refractivity contribution in [2.75, 3.05) is 13.6 Å². The molecule has 0 aliphatic carbocycles.